The van der Waals surface area contributed by atoms with E-state index in [-0.39, 0.29) is 42.6 Å². The minimum atomic E-state index is -1.84. The number of carboxylic acids is 1. The first-order valence-corrected chi connectivity index (χ1v) is 12.9. The fraction of sp³-hybridized carbons (Fsp3) is 0.714. The summed E-state index contributed by atoms with van der Waals surface area (Å²) in [6.45, 7) is 9.52. The number of carbonyl (C=O) groups excluding carboxylic acids is 5. The summed E-state index contributed by atoms with van der Waals surface area (Å²) in [5, 5.41) is 20.6. The summed E-state index contributed by atoms with van der Waals surface area (Å²) in [6, 6.07) is 0. The topological polar surface area (TPSA) is 152 Å². The highest BCUT2D eigenvalue weighted by molar-refractivity contribution is 6.17. The van der Waals surface area contributed by atoms with Crippen molar-refractivity contribution in [1.29, 1.82) is 0 Å². The molecule has 0 saturated heterocycles. The van der Waals surface area contributed by atoms with Crippen LogP contribution in [0.1, 0.15) is 86.5 Å². The average Bonchev–Trinajstić information content (AvgIpc) is 2.99. The molecule has 202 valence electrons. The molecule has 9 nitrogen and oxygen atoms in total. The van der Waals surface area contributed by atoms with E-state index >= 15 is 0 Å². The summed E-state index contributed by atoms with van der Waals surface area (Å²) in [7, 11) is 0. The van der Waals surface area contributed by atoms with Gasteiger partial charge in [0.1, 0.15) is 17.2 Å². The number of Topliss-reactive ketones (excluding diaryl/α,β-unsaturated/α-hetero) is 4. The minimum Gasteiger partial charge on any atom is -0.481 e. The van der Waals surface area contributed by atoms with E-state index in [2.05, 4.69) is 0 Å². The normalized spacial score (nSPS) is 38.5. The van der Waals surface area contributed by atoms with Gasteiger partial charge in [0.2, 0.25) is 0 Å². The van der Waals surface area contributed by atoms with Crippen molar-refractivity contribution >= 4 is 35.1 Å². The Bertz CT molecular complexity index is 1170. The van der Waals surface area contributed by atoms with Gasteiger partial charge in [0.25, 0.3) is 0 Å². The minimum absolute atomic E-state index is 0.0273. The number of rotatable bonds is 5. The molecule has 0 radical (unpaired) electrons. The molecule has 0 aliphatic heterocycles. The van der Waals surface area contributed by atoms with Crippen molar-refractivity contribution in [1.82, 2.24) is 0 Å². The number of carbonyl (C=O) groups is 6. The van der Waals surface area contributed by atoms with E-state index in [0.717, 1.165) is 6.92 Å². The maximum Gasteiger partial charge on any atom is 0.303 e. The van der Waals surface area contributed by atoms with Gasteiger partial charge in [-0.2, -0.15) is 0 Å². The van der Waals surface area contributed by atoms with Crippen LogP contribution in [0.15, 0.2) is 11.1 Å². The first-order chi connectivity index (χ1) is 16.9. The maximum atomic E-state index is 14.1. The Kier molecular flexibility index (Phi) is 6.03. The first kappa shape index (κ1) is 27.4. The third-order valence-electron chi connectivity index (χ3n) is 10.2. The number of fused-ring (bicyclic) bond motifs is 4. The Morgan fingerprint density at radius 3 is 2.19 bits per heavy atom. The van der Waals surface area contributed by atoms with Crippen molar-refractivity contribution in [2.75, 3.05) is 0 Å². The molecule has 4 aliphatic carbocycles. The number of hydrogen-bond donors (Lipinski definition) is 2. The van der Waals surface area contributed by atoms with Gasteiger partial charge < -0.3 is 14.9 Å². The standard InChI is InChI=1S/C28H36O9/c1-14(29)37-28-13-16(31)22-23(15(30)11-17-24(2,3)19(32)7-9-25(17,22)4)27(28,6)20(33)12-18(28)26(5,36)10-8-21(34)35/h17-18,36H,7-13H2,1-6H3,(H,34,35). The molecule has 0 aromatic rings. The van der Waals surface area contributed by atoms with Crippen LogP contribution in [0, 0.1) is 28.1 Å². The maximum absolute atomic E-state index is 14.1. The molecule has 2 fully saturated rings. The lowest BCUT2D eigenvalue weighted by Gasteiger charge is -2.58. The van der Waals surface area contributed by atoms with Crippen LogP contribution in [0.3, 0.4) is 0 Å². The number of carboxylic acid groups (broad SMARTS) is 1. The molecular weight excluding hydrogens is 480 g/mol. The number of hydrogen-bond acceptors (Lipinski definition) is 8. The van der Waals surface area contributed by atoms with Crippen molar-refractivity contribution < 1.29 is 43.7 Å². The van der Waals surface area contributed by atoms with Gasteiger partial charge >= 0.3 is 11.9 Å². The second kappa shape index (κ2) is 8.16. The monoisotopic (exact) mass is 516 g/mol. The summed E-state index contributed by atoms with van der Waals surface area (Å²) in [6.07, 6.45) is -0.742. The second-order valence-corrected chi connectivity index (χ2v) is 12.6. The van der Waals surface area contributed by atoms with Crippen molar-refractivity contribution in [2.24, 2.45) is 28.1 Å². The van der Waals surface area contributed by atoms with E-state index in [0.29, 0.717) is 6.42 Å². The predicted molar refractivity (Wildman–Crippen MR) is 129 cm³/mol. The molecule has 0 heterocycles. The zero-order valence-corrected chi connectivity index (χ0v) is 22.4. The molecule has 9 heteroatoms. The fourth-order valence-corrected chi connectivity index (χ4v) is 8.18. The van der Waals surface area contributed by atoms with Gasteiger partial charge in [-0.1, -0.05) is 20.8 Å². The summed E-state index contributed by atoms with van der Waals surface area (Å²) < 4.78 is 5.85. The zero-order chi connectivity index (χ0) is 27.9. The van der Waals surface area contributed by atoms with Gasteiger partial charge in [-0.05, 0) is 32.6 Å². The van der Waals surface area contributed by atoms with Crippen molar-refractivity contribution in [3.63, 3.8) is 0 Å². The lowest BCUT2D eigenvalue weighted by atomic mass is 9.44. The van der Waals surface area contributed by atoms with E-state index in [9.17, 15) is 39.0 Å². The molecule has 4 rings (SSSR count). The molecule has 0 bridgehead atoms. The van der Waals surface area contributed by atoms with Crippen LogP contribution in [0.4, 0.5) is 0 Å². The van der Waals surface area contributed by atoms with Crippen LogP contribution in [-0.2, 0) is 33.5 Å². The van der Waals surface area contributed by atoms with Crippen LogP contribution in [0.5, 0.6) is 0 Å². The number of aliphatic carboxylic acids is 1. The smallest absolute Gasteiger partial charge is 0.303 e. The third-order valence-corrected chi connectivity index (χ3v) is 10.2. The quantitative estimate of drug-likeness (QED) is 0.525. The number of ether oxygens (including phenoxy) is 1. The second-order valence-electron chi connectivity index (χ2n) is 12.6. The van der Waals surface area contributed by atoms with Crippen LogP contribution in [0.2, 0.25) is 0 Å². The Morgan fingerprint density at radius 2 is 1.62 bits per heavy atom. The highest BCUT2D eigenvalue weighted by atomic mass is 16.6. The Morgan fingerprint density at radius 1 is 1.00 bits per heavy atom. The van der Waals surface area contributed by atoms with Crippen molar-refractivity contribution in [2.45, 2.75) is 97.7 Å². The van der Waals surface area contributed by atoms with E-state index in [1.807, 2.05) is 6.92 Å². The van der Waals surface area contributed by atoms with Gasteiger partial charge in [0.15, 0.2) is 11.6 Å². The molecule has 37 heavy (non-hydrogen) atoms. The molecule has 0 spiro atoms. The molecular formula is C28H36O9. The van der Waals surface area contributed by atoms with Crippen LogP contribution in [0.25, 0.3) is 0 Å². The third kappa shape index (κ3) is 3.52. The van der Waals surface area contributed by atoms with E-state index < -0.39 is 81.4 Å². The van der Waals surface area contributed by atoms with E-state index in [4.69, 9.17) is 4.74 Å². The Balaban J connectivity index is 1.97. The van der Waals surface area contributed by atoms with Crippen LogP contribution >= 0.6 is 0 Å². The van der Waals surface area contributed by atoms with E-state index in [1.165, 1.54) is 13.8 Å². The predicted octanol–water partition coefficient (Wildman–Crippen LogP) is 2.75. The summed E-state index contributed by atoms with van der Waals surface area (Å²) >= 11 is 0. The molecule has 0 aromatic carbocycles. The lowest BCUT2D eigenvalue weighted by Crippen LogP contribution is -2.65. The Hall–Kier alpha value is -2.68. The number of allylic oxidation sites excluding steroid dienone is 1. The molecule has 0 amide bonds. The van der Waals surface area contributed by atoms with Crippen LogP contribution in [-0.4, -0.2) is 56.5 Å². The first-order valence-electron chi connectivity index (χ1n) is 12.9. The molecule has 6 atom stereocenters. The summed E-state index contributed by atoms with van der Waals surface area (Å²) in [4.78, 5) is 78.4. The Labute approximate surface area is 216 Å². The molecule has 0 aromatic heterocycles. The molecule has 2 saturated carbocycles. The van der Waals surface area contributed by atoms with Crippen molar-refractivity contribution in [3.05, 3.63) is 11.1 Å². The molecule has 4 aliphatic rings. The van der Waals surface area contributed by atoms with Gasteiger partial charge in [-0.3, -0.25) is 28.8 Å². The zero-order valence-electron chi connectivity index (χ0n) is 22.4. The van der Waals surface area contributed by atoms with Gasteiger partial charge in [0.05, 0.1) is 17.4 Å². The largest absolute Gasteiger partial charge is 0.481 e. The molecule has 6 unspecified atom stereocenters. The van der Waals surface area contributed by atoms with Gasteiger partial charge in [-0.15, -0.1) is 0 Å². The number of aliphatic hydroxyl groups is 1. The SMILES string of the molecule is CC(=O)OC12CC(=O)C3=C(C(=O)CC4C(C)(C)C(=O)CCC34C)C1(C)C(=O)CC2C(C)(O)CCC(=O)O. The molecule has 2 N–H and O–H groups in total. The lowest BCUT2D eigenvalue weighted by molar-refractivity contribution is -0.196. The number of ketones is 4. The fourth-order valence-electron chi connectivity index (χ4n) is 8.18. The highest BCUT2D eigenvalue weighted by Gasteiger charge is 2.75. The van der Waals surface area contributed by atoms with E-state index in [1.54, 1.807) is 13.8 Å². The average molecular weight is 517 g/mol. The van der Waals surface area contributed by atoms with Gasteiger partial charge in [-0.25, -0.2) is 0 Å². The summed E-state index contributed by atoms with van der Waals surface area (Å²) in [5.74, 6) is -4.70. The van der Waals surface area contributed by atoms with Gasteiger partial charge in [0, 0.05) is 60.5 Å². The number of esters is 1. The highest BCUT2D eigenvalue weighted by Crippen LogP contribution is 2.68. The van der Waals surface area contributed by atoms with Crippen molar-refractivity contribution in [3.8, 4) is 0 Å². The summed E-state index contributed by atoms with van der Waals surface area (Å²) in [5.41, 5.74) is -6.69. The van der Waals surface area contributed by atoms with Crippen LogP contribution < -0.4 is 0 Å².